The van der Waals surface area contributed by atoms with Gasteiger partial charge in [-0.2, -0.15) is 0 Å². The van der Waals surface area contributed by atoms with E-state index in [2.05, 4.69) is 29.6 Å². The van der Waals surface area contributed by atoms with Crippen LogP contribution in [0.1, 0.15) is 29.2 Å². The second kappa shape index (κ2) is 8.20. The molecule has 4 aromatic rings. The van der Waals surface area contributed by atoms with Gasteiger partial charge in [0.1, 0.15) is 16.9 Å². The number of fused-ring (bicyclic) bond motifs is 2. The standard InChI is InChI=1S/C26H22N2O3S/c1-15-7-12-23-18(13-15)25(29)24(26(30)31-23)22-14-21(16-8-10-17(32-2)11-9-16)27-19-5-3-4-6-20(19)28-22/h3-13,21,27,29H,14H2,1-2H3. The van der Waals surface area contributed by atoms with Gasteiger partial charge >= 0.3 is 5.63 Å². The van der Waals surface area contributed by atoms with E-state index in [0.29, 0.717) is 28.8 Å². The molecule has 1 unspecified atom stereocenters. The summed E-state index contributed by atoms with van der Waals surface area (Å²) in [4.78, 5) is 18.9. The minimum absolute atomic E-state index is 0.0884. The molecule has 0 aliphatic carbocycles. The van der Waals surface area contributed by atoms with Gasteiger partial charge < -0.3 is 14.8 Å². The summed E-state index contributed by atoms with van der Waals surface area (Å²) in [5.74, 6) is -0.0884. The van der Waals surface area contributed by atoms with Gasteiger partial charge in [-0.25, -0.2) is 4.79 Å². The monoisotopic (exact) mass is 442 g/mol. The highest BCUT2D eigenvalue weighted by Crippen LogP contribution is 2.37. The van der Waals surface area contributed by atoms with Crippen molar-refractivity contribution in [2.75, 3.05) is 11.6 Å². The van der Waals surface area contributed by atoms with Crippen LogP contribution in [0, 0.1) is 6.92 Å². The summed E-state index contributed by atoms with van der Waals surface area (Å²) in [5.41, 5.74) is 4.02. The first-order valence-electron chi connectivity index (χ1n) is 10.4. The van der Waals surface area contributed by atoms with E-state index >= 15 is 0 Å². The number of nitrogens with one attached hydrogen (secondary N) is 1. The number of para-hydroxylation sites is 2. The third-order valence-corrected chi connectivity index (χ3v) is 6.47. The molecule has 1 aromatic heterocycles. The number of aromatic hydroxyl groups is 1. The zero-order valence-electron chi connectivity index (χ0n) is 17.8. The van der Waals surface area contributed by atoms with Crippen LogP contribution in [0.25, 0.3) is 11.0 Å². The average Bonchev–Trinajstić information content (AvgIpc) is 2.99. The molecular formula is C26H22N2O3S. The normalized spacial score (nSPS) is 15.6. The van der Waals surface area contributed by atoms with Crippen molar-refractivity contribution in [3.05, 3.63) is 93.8 Å². The van der Waals surface area contributed by atoms with Gasteiger partial charge in [0.05, 0.1) is 28.5 Å². The van der Waals surface area contributed by atoms with Crippen molar-refractivity contribution < 1.29 is 9.52 Å². The Balaban J connectivity index is 1.68. The Hall–Kier alpha value is -3.51. The van der Waals surface area contributed by atoms with Gasteiger partial charge in [0.25, 0.3) is 0 Å². The number of hydrogen-bond acceptors (Lipinski definition) is 6. The summed E-state index contributed by atoms with van der Waals surface area (Å²) in [7, 11) is 0. The van der Waals surface area contributed by atoms with E-state index in [0.717, 1.165) is 16.8 Å². The number of aryl methyl sites for hydroxylation is 1. The Morgan fingerprint density at radius 1 is 1.09 bits per heavy atom. The molecule has 0 saturated carbocycles. The third-order valence-electron chi connectivity index (χ3n) is 5.73. The topological polar surface area (TPSA) is 74.8 Å². The molecule has 0 amide bonds. The zero-order chi connectivity index (χ0) is 22.2. The molecular weight excluding hydrogens is 420 g/mol. The van der Waals surface area contributed by atoms with Crippen LogP contribution in [0.3, 0.4) is 0 Å². The molecule has 0 spiro atoms. The van der Waals surface area contributed by atoms with Crippen LogP contribution in [0.5, 0.6) is 5.75 Å². The Labute approximate surface area is 189 Å². The van der Waals surface area contributed by atoms with E-state index in [1.54, 1.807) is 17.8 Å². The fourth-order valence-corrected chi connectivity index (χ4v) is 4.47. The van der Waals surface area contributed by atoms with E-state index in [9.17, 15) is 9.90 Å². The van der Waals surface area contributed by atoms with Crippen molar-refractivity contribution in [3.8, 4) is 5.75 Å². The number of hydrogen-bond donors (Lipinski definition) is 2. The van der Waals surface area contributed by atoms with Crippen LogP contribution in [-0.4, -0.2) is 17.1 Å². The molecule has 1 aliphatic heterocycles. The molecule has 0 saturated heterocycles. The molecule has 5 rings (SSSR count). The second-order valence-electron chi connectivity index (χ2n) is 7.86. The molecule has 6 heteroatoms. The first kappa shape index (κ1) is 20.4. The second-order valence-corrected chi connectivity index (χ2v) is 8.74. The number of benzene rings is 3. The van der Waals surface area contributed by atoms with Crippen LogP contribution in [0.2, 0.25) is 0 Å². The van der Waals surface area contributed by atoms with Crippen LogP contribution in [0.4, 0.5) is 11.4 Å². The number of nitrogens with zero attached hydrogens (tertiary/aromatic N) is 1. The van der Waals surface area contributed by atoms with Gasteiger partial charge in [-0.05, 0) is 55.1 Å². The van der Waals surface area contributed by atoms with Gasteiger partial charge in [0, 0.05) is 11.3 Å². The lowest BCUT2D eigenvalue weighted by atomic mass is 9.96. The predicted molar refractivity (Wildman–Crippen MR) is 131 cm³/mol. The first-order valence-corrected chi connectivity index (χ1v) is 11.6. The SMILES string of the molecule is CSc1ccc(C2CC(c3c(O)c4cc(C)ccc4oc3=O)=Nc3ccccc3N2)cc1. The van der Waals surface area contributed by atoms with Crippen molar-refractivity contribution in [1.29, 1.82) is 0 Å². The molecule has 1 aliphatic rings. The summed E-state index contributed by atoms with van der Waals surface area (Å²) in [5, 5.41) is 15.2. The first-order chi connectivity index (χ1) is 15.5. The lowest BCUT2D eigenvalue weighted by Crippen LogP contribution is -2.19. The molecule has 160 valence electrons. The number of anilines is 1. The summed E-state index contributed by atoms with van der Waals surface area (Å²) in [6.07, 6.45) is 2.46. The molecule has 2 N–H and O–H groups in total. The summed E-state index contributed by atoms with van der Waals surface area (Å²) in [6, 6.07) is 21.3. The third kappa shape index (κ3) is 3.67. The maximum Gasteiger partial charge on any atom is 0.349 e. The van der Waals surface area contributed by atoms with E-state index in [4.69, 9.17) is 9.41 Å². The number of aliphatic imine (C=N–C) groups is 1. The van der Waals surface area contributed by atoms with Crippen molar-refractivity contribution >= 4 is 39.8 Å². The van der Waals surface area contributed by atoms with Gasteiger partial charge in [0.15, 0.2) is 0 Å². The quantitative estimate of drug-likeness (QED) is 0.292. The van der Waals surface area contributed by atoms with Crippen molar-refractivity contribution in [2.24, 2.45) is 4.99 Å². The Morgan fingerprint density at radius 3 is 2.66 bits per heavy atom. The van der Waals surface area contributed by atoms with Crippen LogP contribution in [-0.2, 0) is 0 Å². The van der Waals surface area contributed by atoms with Crippen molar-refractivity contribution in [2.45, 2.75) is 24.3 Å². The van der Waals surface area contributed by atoms with E-state index in [1.807, 2.05) is 49.6 Å². The van der Waals surface area contributed by atoms with Gasteiger partial charge in [-0.15, -0.1) is 11.8 Å². The average molecular weight is 443 g/mol. The van der Waals surface area contributed by atoms with Crippen molar-refractivity contribution in [1.82, 2.24) is 0 Å². The molecule has 32 heavy (non-hydrogen) atoms. The van der Waals surface area contributed by atoms with Crippen molar-refractivity contribution in [3.63, 3.8) is 0 Å². The van der Waals surface area contributed by atoms with Crippen LogP contribution >= 0.6 is 11.8 Å². The number of rotatable bonds is 3. The minimum Gasteiger partial charge on any atom is -0.506 e. The highest BCUT2D eigenvalue weighted by Gasteiger charge is 2.26. The lowest BCUT2D eigenvalue weighted by Gasteiger charge is -2.19. The van der Waals surface area contributed by atoms with Gasteiger partial charge in [-0.3, -0.25) is 4.99 Å². The molecule has 2 heterocycles. The fraction of sp³-hybridized carbons (Fsp3) is 0.154. The molecule has 0 radical (unpaired) electrons. The predicted octanol–water partition coefficient (Wildman–Crippen LogP) is 6.21. The Morgan fingerprint density at radius 2 is 1.88 bits per heavy atom. The molecule has 0 fully saturated rings. The highest BCUT2D eigenvalue weighted by atomic mass is 32.2. The largest absolute Gasteiger partial charge is 0.506 e. The Kier molecular flexibility index (Phi) is 5.23. The lowest BCUT2D eigenvalue weighted by molar-refractivity contribution is 0.465. The molecule has 1 atom stereocenters. The summed E-state index contributed by atoms with van der Waals surface area (Å²) >= 11 is 1.69. The fourth-order valence-electron chi connectivity index (χ4n) is 4.07. The maximum atomic E-state index is 13.0. The number of thioether (sulfide) groups is 1. The van der Waals surface area contributed by atoms with Gasteiger partial charge in [0.2, 0.25) is 0 Å². The van der Waals surface area contributed by atoms with E-state index in [1.165, 1.54) is 4.90 Å². The van der Waals surface area contributed by atoms with Gasteiger partial charge in [-0.1, -0.05) is 35.9 Å². The van der Waals surface area contributed by atoms with Crippen LogP contribution < -0.4 is 10.9 Å². The minimum atomic E-state index is -0.589. The Bertz CT molecular complexity index is 1410. The van der Waals surface area contributed by atoms with Crippen LogP contribution in [0.15, 0.2) is 85.8 Å². The summed E-state index contributed by atoms with van der Waals surface area (Å²) < 4.78 is 5.56. The maximum absolute atomic E-state index is 13.0. The zero-order valence-corrected chi connectivity index (χ0v) is 18.6. The highest BCUT2D eigenvalue weighted by molar-refractivity contribution is 7.98. The summed E-state index contributed by atoms with van der Waals surface area (Å²) in [6.45, 7) is 1.93. The van der Waals surface area contributed by atoms with E-state index in [-0.39, 0.29) is 17.4 Å². The smallest absolute Gasteiger partial charge is 0.349 e. The molecule has 3 aromatic carbocycles. The molecule has 5 nitrogen and oxygen atoms in total. The van der Waals surface area contributed by atoms with E-state index < -0.39 is 5.63 Å². The molecule has 0 bridgehead atoms.